The molecule has 0 aliphatic heterocycles. The molecule has 0 bridgehead atoms. The number of nitrogens with zero attached hydrogens (tertiary/aromatic N) is 2. The number of rotatable bonds is 9. The fraction of sp³-hybridized carbons (Fsp3) is 0.538. The van der Waals surface area contributed by atoms with E-state index in [4.69, 9.17) is 0 Å². The lowest BCUT2D eigenvalue weighted by Crippen LogP contribution is -2.57. The molecular weight excluding hydrogens is 200 g/mol. The Morgan fingerprint density at radius 3 is 2.06 bits per heavy atom. The molecule has 0 aromatic heterocycles. The van der Waals surface area contributed by atoms with Crippen LogP contribution in [0.25, 0.3) is 0 Å². The summed E-state index contributed by atoms with van der Waals surface area (Å²) >= 11 is 0. The lowest BCUT2D eigenvalue weighted by Gasteiger charge is -2.38. The molecule has 0 saturated carbocycles. The molecule has 2 unspecified atom stereocenters. The largest absolute Gasteiger partial charge is 0.241 e. The van der Waals surface area contributed by atoms with E-state index < -0.39 is 0 Å². The molecule has 0 aliphatic carbocycles. The lowest BCUT2D eigenvalue weighted by atomic mass is 10.3. The highest BCUT2D eigenvalue weighted by atomic mass is 16.5. The van der Waals surface area contributed by atoms with E-state index in [0.29, 0.717) is 19.6 Å². The van der Waals surface area contributed by atoms with Crippen LogP contribution >= 0.6 is 0 Å². The normalized spacial score (nSPS) is 16.5. The average molecular weight is 225 g/mol. The summed E-state index contributed by atoms with van der Waals surface area (Å²) in [5, 5.41) is 10.4. The van der Waals surface area contributed by atoms with Crippen LogP contribution in [0.15, 0.2) is 38.0 Å². The monoisotopic (exact) mass is 225 g/mol. The molecule has 0 amide bonds. The van der Waals surface area contributed by atoms with Crippen LogP contribution in [0, 0.1) is 0 Å². The van der Waals surface area contributed by atoms with Crippen molar-refractivity contribution >= 4 is 0 Å². The van der Waals surface area contributed by atoms with Crippen LogP contribution in [-0.4, -0.2) is 47.6 Å². The maximum atomic E-state index is 10.4. The Balaban J connectivity index is 4.81. The Morgan fingerprint density at radius 2 is 1.75 bits per heavy atom. The van der Waals surface area contributed by atoms with Crippen molar-refractivity contribution < 1.29 is 9.85 Å². The molecule has 0 rings (SSSR count). The van der Waals surface area contributed by atoms with E-state index in [1.165, 1.54) is 0 Å². The van der Waals surface area contributed by atoms with Gasteiger partial charge in [-0.25, -0.2) is 10.1 Å². The van der Waals surface area contributed by atoms with Gasteiger partial charge in [0, 0.05) is 13.1 Å². The van der Waals surface area contributed by atoms with Gasteiger partial charge in [0.15, 0.2) is 6.17 Å². The second-order valence-corrected chi connectivity index (χ2v) is 4.12. The summed E-state index contributed by atoms with van der Waals surface area (Å²) in [7, 11) is 1.80. The van der Waals surface area contributed by atoms with Crippen LogP contribution in [-0.2, 0) is 0 Å². The van der Waals surface area contributed by atoms with Crippen molar-refractivity contribution in [2.24, 2.45) is 0 Å². The summed E-state index contributed by atoms with van der Waals surface area (Å²) in [5.74, 6) is 0. The second kappa shape index (κ2) is 7.39. The van der Waals surface area contributed by atoms with Crippen molar-refractivity contribution in [3.05, 3.63) is 38.0 Å². The Bertz CT molecular complexity index is 226. The van der Waals surface area contributed by atoms with Crippen molar-refractivity contribution in [1.29, 1.82) is 0 Å². The van der Waals surface area contributed by atoms with Crippen molar-refractivity contribution in [3.8, 4) is 0 Å². The molecule has 0 spiro atoms. The van der Waals surface area contributed by atoms with Gasteiger partial charge in [-0.05, 0) is 12.5 Å². The summed E-state index contributed by atoms with van der Waals surface area (Å²) in [6.45, 7) is 15.4. The Labute approximate surface area is 99.5 Å². The van der Waals surface area contributed by atoms with Crippen LogP contribution in [0.5, 0.6) is 0 Å². The first-order chi connectivity index (χ1) is 7.53. The van der Waals surface area contributed by atoms with Gasteiger partial charge in [-0.2, -0.15) is 4.65 Å². The average Bonchev–Trinajstić information content (AvgIpc) is 2.18. The summed E-state index contributed by atoms with van der Waals surface area (Å²) in [5.41, 5.74) is 0. The smallest absolute Gasteiger partial charge is 0.194 e. The molecule has 3 heteroatoms. The third kappa shape index (κ3) is 4.31. The third-order valence-corrected chi connectivity index (χ3v) is 2.56. The Kier molecular flexibility index (Phi) is 6.97. The van der Waals surface area contributed by atoms with Gasteiger partial charge in [0.05, 0.1) is 0 Å². The number of hydrogen-bond donors (Lipinski definition) is 1. The molecule has 0 radical (unpaired) electrons. The number of likely N-dealkylation sites (N-methyl/N-ethyl adjacent to an activating group) is 1. The van der Waals surface area contributed by atoms with E-state index in [0.717, 1.165) is 6.42 Å². The van der Waals surface area contributed by atoms with E-state index in [1.54, 1.807) is 13.1 Å². The fourth-order valence-corrected chi connectivity index (χ4v) is 1.94. The van der Waals surface area contributed by atoms with Crippen LogP contribution in [0.1, 0.15) is 13.3 Å². The first-order valence-electron chi connectivity index (χ1n) is 5.69. The van der Waals surface area contributed by atoms with Gasteiger partial charge in [-0.15, -0.1) is 13.2 Å². The summed E-state index contributed by atoms with van der Waals surface area (Å²) in [6, 6.07) is 0. The zero-order valence-electron chi connectivity index (χ0n) is 10.6. The highest BCUT2D eigenvalue weighted by Crippen LogP contribution is 2.14. The van der Waals surface area contributed by atoms with E-state index >= 15 is 0 Å². The molecule has 1 N–H and O–H groups in total. The quantitative estimate of drug-likeness (QED) is 0.282. The number of hydroxylamine groups is 3. The van der Waals surface area contributed by atoms with E-state index in [1.807, 2.05) is 12.2 Å². The van der Waals surface area contributed by atoms with Crippen LogP contribution < -0.4 is 0 Å². The third-order valence-electron chi connectivity index (χ3n) is 2.56. The van der Waals surface area contributed by atoms with Gasteiger partial charge in [0.1, 0.15) is 13.6 Å². The van der Waals surface area contributed by atoms with Gasteiger partial charge in [0.25, 0.3) is 0 Å². The molecule has 0 aliphatic rings. The number of quaternary nitrogens is 1. The Morgan fingerprint density at radius 1 is 1.25 bits per heavy atom. The standard InChI is InChI=1S/C13H25N2O/c1-6-10-14(11-7-2)13(9-4)15(5,16)12-8-3/h6-7,9,13,16H,1-2,4,8,10-12H2,3,5H3/q+1. The van der Waals surface area contributed by atoms with Crippen LogP contribution in [0.3, 0.4) is 0 Å². The molecule has 92 valence electrons. The summed E-state index contributed by atoms with van der Waals surface area (Å²) in [6.07, 6.45) is 6.23. The maximum absolute atomic E-state index is 10.4. The predicted molar refractivity (Wildman–Crippen MR) is 69.1 cm³/mol. The highest BCUT2D eigenvalue weighted by Gasteiger charge is 2.32. The predicted octanol–water partition coefficient (Wildman–Crippen LogP) is 2.42. The molecule has 3 nitrogen and oxygen atoms in total. The van der Waals surface area contributed by atoms with Crippen LogP contribution in [0.4, 0.5) is 0 Å². The van der Waals surface area contributed by atoms with Gasteiger partial charge < -0.3 is 0 Å². The van der Waals surface area contributed by atoms with Gasteiger partial charge in [-0.1, -0.05) is 25.7 Å². The van der Waals surface area contributed by atoms with E-state index in [-0.39, 0.29) is 10.8 Å². The topological polar surface area (TPSA) is 23.5 Å². The minimum Gasteiger partial charge on any atom is -0.241 e. The van der Waals surface area contributed by atoms with Crippen molar-refractivity contribution in [2.75, 3.05) is 26.7 Å². The lowest BCUT2D eigenvalue weighted by molar-refractivity contribution is -1.11. The Hall–Kier alpha value is -0.900. The number of hydrogen-bond acceptors (Lipinski definition) is 2. The SMILES string of the molecule is C=CCN(CC=C)C(C=C)[N+](C)(O)CCC. The molecule has 0 aromatic rings. The first-order valence-corrected chi connectivity index (χ1v) is 5.69. The first kappa shape index (κ1) is 15.1. The molecule has 0 heterocycles. The molecular formula is C13H25N2O+. The van der Waals surface area contributed by atoms with Crippen molar-refractivity contribution in [2.45, 2.75) is 19.5 Å². The maximum Gasteiger partial charge on any atom is 0.194 e. The summed E-state index contributed by atoms with van der Waals surface area (Å²) < 4.78 is -0.0678. The van der Waals surface area contributed by atoms with Gasteiger partial charge in [-0.3, -0.25) is 0 Å². The molecule has 0 saturated heterocycles. The van der Waals surface area contributed by atoms with E-state index in [9.17, 15) is 5.21 Å². The summed E-state index contributed by atoms with van der Waals surface area (Å²) in [4.78, 5) is 2.09. The van der Waals surface area contributed by atoms with E-state index in [2.05, 4.69) is 31.6 Å². The van der Waals surface area contributed by atoms with Crippen molar-refractivity contribution in [1.82, 2.24) is 4.90 Å². The van der Waals surface area contributed by atoms with Gasteiger partial charge in [0.2, 0.25) is 0 Å². The highest BCUT2D eigenvalue weighted by molar-refractivity contribution is 4.88. The fourth-order valence-electron chi connectivity index (χ4n) is 1.94. The molecule has 16 heavy (non-hydrogen) atoms. The van der Waals surface area contributed by atoms with Gasteiger partial charge >= 0.3 is 0 Å². The molecule has 0 aromatic carbocycles. The molecule has 2 atom stereocenters. The zero-order valence-corrected chi connectivity index (χ0v) is 10.6. The zero-order chi connectivity index (χ0) is 12.6. The minimum atomic E-state index is -0.129. The van der Waals surface area contributed by atoms with Crippen molar-refractivity contribution in [3.63, 3.8) is 0 Å². The molecule has 0 fully saturated rings. The van der Waals surface area contributed by atoms with Crippen LogP contribution in [0.2, 0.25) is 0 Å². The second-order valence-electron chi connectivity index (χ2n) is 4.12. The minimum absolute atomic E-state index is 0.0678.